The van der Waals surface area contributed by atoms with Gasteiger partial charge < -0.3 is 4.57 Å². The Hall–Kier alpha value is -1.31. The second-order valence-electron chi connectivity index (χ2n) is 2.60. The van der Waals surface area contributed by atoms with Crippen molar-refractivity contribution in [1.29, 1.82) is 0 Å². The lowest BCUT2D eigenvalue weighted by Gasteiger charge is -1.96. The molecule has 0 amide bonds. The van der Waals surface area contributed by atoms with Gasteiger partial charge in [0.2, 0.25) is 0 Å². The van der Waals surface area contributed by atoms with Crippen molar-refractivity contribution in [2.75, 3.05) is 0 Å². The van der Waals surface area contributed by atoms with Crippen LogP contribution in [0.4, 0.5) is 0 Å². The van der Waals surface area contributed by atoms with E-state index in [2.05, 4.69) is 11.6 Å². The predicted molar refractivity (Wildman–Crippen MR) is 47.9 cm³/mol. The van der Waals surface area contributed by atoms with Crippen molar-refractivity contribution < 1.29 is 0 Å². The molecule has 0 aliphatic heterocycles. The maximum Gasteiger partial charge on any atom is 0.136 e. The number of allylic oxidation sites excluding steroid dienone is 1. The van der Waals surface area contributed by atoms with Crippen molar-refractivity contribution in [2.45, 2.75) is 13.8 Å². The average Bonchev–Trinajstić information content (AvgIpc) is 2.34. The molecule has 2 heteroatoms. The zero-order valence-electron chi connectivity index (χ0n) is 6.91. The van der Waals surface area contributed by atoms with Crippen molar-refractivity contribution in [3.8, 4) is 0 Å². The van der Waals surface area contributed by atoms with Crippen molar-refractivity contribution in [3.05, 3.63) is 30.4 Å². The second-order valence-corrected chi connectivity index (χ2v) is 2.60. The van der Waals surface area contributed by atoms with Gasteiger partial charge >= 0.3 is 0 Å². The largest absolute Gasteiger partial charge is 0.307 e. The summed E-state index contributed by atoms with van der Waals surface area (Å²) in [5, 5.41) is 0. The summed E-state index contributed by atoms with van der Waals surface area (Å²) >= 11 is 0. The van der Waals surface area contributed by atoms with E-state index >= 15 is 0 Å². The Morgan fingerprint density at radius 2 is 2.36 bits per heavy atom. The first-order valence-electron chi connectivity index (χ1n) is 3.54. The molecule has 0 bridgehead atoms. The Morgan fingerprint density at radius 3 is 2.91 bits per heavy atom. The van der Waals surface area contributed by atoms with Gasteiger partial charge in [-0.15, -0.1) is 0 Å². The molecule has 0 saturated carbocycles. The molecule has 1 heterocycles. The Kier molecular flexibility index (Phi) is 2.26. The maximum absolute atomic E-state index is 4.09. The summed E-state index contributed by atoms with van der Waals surface area (Å²) in [5.74, 6) is 0.881. The zero-order valence-corrected chi connectivity index (χ0v) is 6.91. The minimum Gasteiger partial charge on any atom is -0.307 e. The Labute approximate surface area is 66.9 Å². The predicted octanol–water partition coefficient (Wildman–Crippen LogP) is 2.41. The van der Waals surface area contributed by atoms with E-state index in [-0.39, 0.29) is 0 Å². The van der Waals surface area contributed by atoms with E-state index in [0.717, 1.165) is 5.82 Å². The Balaban J connectivity index is 3.03. The lowest BCUT2D eigenvalue weighted by molar-refractivity contribution is 1.09. The maximum atomic E-state index is 4.09. The first-order chi connectivity index (χ1) is 5.24. The molecule has 0 radical (unpaired) electrons. The molecular weight excluding hydrogens is 136 g/mol. The van der Waals surface area contributed by atoms with Crippen LogP contribution in [0.25, 0.3) is 12.3 Å². The van der Waals surface area contributed by atoms with Gasteiger partial charge in [0.25, 0.3) is 0 Å². The molecule has 1 aromatic rings. The fourth-order valence-corrected chi connectivity index (χ4v) is 0.870. The van der Waals surface area contributed by atoms with Gasteiger partial charge in [0, 0.05) is 18.6 Å². The molecular formula is C9H12N2. The number of hydrogen-bond acceptors (Lipinski definition) is 1. The van der Waals surface area contributed by atoms with Crippen LogP contribution in [0.15, 0.2) is 24.5 Å². The van der Waals surface area contributed by atoms with Crippen LogP contribution in [0.5, 0.6) is 0 Å². The van der Waals surface area contributed by atoms with Gasteiger partial charge in [0.15, 0.2) is 0 Å². The molecule has 0 aliphatic carbocycles. The summed E-state index contributed by atoms with van der Waals surface area (Å²) in [6, 6.07) is 0. The first-order valence-corrected chi connectivity index (χ1v) is 3.54. The third-order valence-electron chi connectivity index (χ3n) is 1.28. The third kappa shape index (κ3) is 1.80. The average molecular weight is 148 g/mol. The van der Waals surface area contributed by atoms with E-state index in [9.17, 15) is 0 Å². The molecule has 0 atom stereocenters. The summed E-state index contributed by atoms with van der Waals surface area (Å²) < 4.78 is 1.95. The fraction of sp³-hybridized carbons (Fsp3) is 0.222. The minimum absolute atomic E-state index is 0.881. The number of rotatable bonds is 2. The van der Waals surface area contributed by atoms with E-state index in [1.807, 2.05) is 30.8 Å². The van der Waals surface area contributed by atoms with Gasteiger partial charge in [0.05, 0.1) is 0 Å². The van der Waals surface area contributed by atoms with Crippen LogP contribution < -0.4 is 0 Å². The summed E-state index contributed by atoms with van der Waals surface area (Å²) in [4.78, 5) is 4.09. The molecule has 2 nitrogen and oxygen atoms in total. The number of nitrogens with zero attached hydrogens (tertiary/aromatic N) is 2. The van der Waals surface area contributed by atoms with Crippen molar-refractivity contribution in [1.82, 2.24) is 9.55 Å². The topological polar surface area (TPSA) is 17.8 Å². The highest BCUT2D eigenvalue weighted by atomic mass is 15.0. The molecule has 0 saturated heterocycles. The summed E-state index contributed by atoms with van der Waals surface area (Å²) in [5.41, 5.74) is 1.24. The Morgan fingerprint density at radius 1 is 1.64 bits per heavy atom. The third-order valence-corrected chi connectivity index (χ3v) is 1.28. The van der Waals surface area contributed by atoms with E-state index in [1.54, 1.807) is 12.3 Å². The standard InChI is InChI=1S/C9H12N2/c1-4-9-10-5-6-11(9)7-8(2)3/h4-7H,1H2,2-3H3. The van der Waals surface area contributed by atoms with Crippen LogP contribution >= 0.6 is 0 Å². The smallest absolute Gasteiger partial charge is 0.136 e. The monoisotopic (exact) mass is 148 g/mol. The quantitative estimate of drug-likeness (QED) is 0.629. The molecule has 58 valence electrons. The van der Waals surface area contributed by atoms with Crippen molar-refractivity contribution in [2.24, 2.45) is 0 Å². The van der Waals surface area contributed by atoms with Crippen LogP contribution in [-0.4, -0.2) is 9.55 Å². The van der Waals surface area contributed by atoms with Gasteiger partial charge in [0.1, 0.15) is 5.82 Å². The highest BCUT2D eigenvalue weighted by molar-refractivity contribution is 5.43. The summed E-state index contributed by atoms with van der Waals surface area (Å²) in [6.07, 6.45) is 7.42. The van der Waals surface area contributed by atoms with E-state index in [0.29, 0.717) is 0 Å². The van der Waals surface area contributed by atoms with E-state index in [1.165, 1.54) is 5.57 Å². The molecule has 1 aromatic heterocycles. The first kappa shape index (κ1) is 7.79. The van der Waals surface area contributed by atoms with Gasteiger partial charge in [-0.25, -0.2) is 4.98 Å². The number of imidazole rings is 1. The van der Waals surface area contributed by atoms with Crippen molar-refractivity contribution >= 4 is 12.3 Å². The van der Waals surface area contributed by atoms with Gasteiger partial charge in [-0.3, -0.25) is 0 Å². The molecule has 0 fully saturated rings. The van der Waals surface area contributed by atoms with Gasteiger partial charge in [-0.1, -0.05) is 12.2 Å². The number of hydrogen-bond donors (Lipinski definition) is 0. The highest BCUT2D eigenvalue weighted by Gasteiger charge is 1.92. The molecule has 0 aliphatic rings. The lowest BCUT2D eigenvalue weighted by atomic mass is 10.4. The Bertz CT molecular complexity index is 278. The molecule has 0 N–H and O–H groups in total. The highest BCUT2D eigenvalue weighted by Crippen LogP contribution is 2.02. The van der Waals surface area contributed by atoms with Crippen molar-refractivity contribution in [3.63, 3.8) is 0 Å². The summed E-state index contributed by atoms with van der Waals surface area (Å²) in [7, 11) is 0. The van der Waals surface area contributed by atoms with Crippen LogP contribution in [0.3, 0.4) is 0 Å². The zero-order chi connectivity index (χ0) is 8.27. The SMILES string of the molecule is C=Cc1nccn1C=C(C)C. The van der Waals surface area contributed by atoms with E-state index < -0.39 is 0 Å². The van der Waals surface area contributed by atoms with E-state index in [4.69, 9.17) is 0 Å². The molecule has 0 unspecified atom stereocenters. The molecule has 1 rings (SSSR count). The summed E-state index contributed by atoms with van der Waals surface area (Å²) in [6.45, 7) is 7.76. The molecule has 0 spiro atoms. The van der Waals surface area contributed by atoms with Crippen LogP contribution in [-0.2, 0) is 0 Å². The van der Waals surface area contributed by atoms with Gasteiger partial charge in [-0.05, 0) is 19.9 Å². The fourth-order valence-electron chi connectivity index (χ4n) is 0.870. The van der Waals surface area contributed by atoms with Crippen LogP contribution in [0.1, 0.15) is 19.7 Å². The molecule has 0 aromatic carbocycles. The van der Waals surface area contributed by atoms with Crippen LogP contribution in [0.2, 0.25) is 0 Å². The number of aromatic nitrogens is 2. The lowest BCUT2D eigenvalue weighted by Crippen LogP contribution is -1.88. The second kappa shape index (κ2) is 3.19. The van der Waals surface area contributed by atoms with Crippen LogP contribution in [0, 0.1) is 0 Å². The molecule has 11 heavy (non-hydrogen) atoms. The van der Waals surface area contributed by atoms with Gasteiger partial charge in [-0.2, -0.15) is 0 Å². The normalized spacial score (nSPS) is 9.27. The minimum atomic E-state index is 0.881.